The summed E-state index contributed by atoms with van der Waals surface area (Å²) in [5.41, 5.74) is 0.976. The minimum Gasteiger partial charge on any atom is -0.423 e. The first-order chi connectivity index (χ1) is 7.16. The van der Waals surface area contributed by atoms with Crippen molar-refractivity contribution in [2.24, 2.45) is 0 Å². The topological polar surface area (TPSA) is 71.2 Å². The van der Waals surface area contributed by atoms with E-state index in [0.29, 0.717) is 16.2 Å². The zero-order valence-corrected chi connectivity index (χ0v) is 8.33. The highest BCUT2D eigenvalue weighted by molar-refractivity contribution is 6.58. The predicted octanol–water partition coefficient (Wildman–Crippen LogP) is -0.400. The molecule has 0 aliphatic heterocycles. The highest BCUT2D eigenvalue weighted by Gasteiger charge is 2.13. The number of nitrogens with zero attached hydrogens (tertiary/aromatic N) is 3. The minimum atomic E-state index is -1.52. The summed E-state index contributed by atoms with van der Waals surface area (Å²) >= 11 is 5.76. The van der Waals surface area contributed by atoms with Gasteiger partial charge in [-0.25, -0.2) is 4.68 Å². The molecule has 0 amide bonds. The van der Waals surface area contributed by atoms with Gasteiger partial charge < -0.3 is 10.0 Å². The molecule has 5 nitrogen and oxygen atoms in total. The first-order valence-electron chi connectivity index (χ1n) is 4.18. The lowest BCUT2D eigenvalue weighted by atomic mass is 9.83. The van der Waals surface area contributed by atoms with E-state index < -0.39 is 7.12 Å². The molecule has 2 heterocycles. The molecular formula is C8H7BClN3O2. The second-order valence-corrected chi connectivity index (χ2v) is 3.39. The minimum absolute atomic E-state index is 0.315. The Morgan fingerprint density at radius 1 is 1.27 bits per heavy atom. The van der Waals surface area contributed by atoms with Gasteiger partial charge in [-0.05, 0) is 6.07 Å². The van der Waals surface area contributed by atoms with E-state index in [2.05, 4.69) is 10.1 Å². The van der Waals surface area contributed by atoms with Crippen LogP contribution in [0.3, 0.4) is 0 Å². The van der Waals surface area contributed by atoms with Gasteiger partial charge in [-0.3, -0.25) is 4.98 Å². The average Bonchev–Trinajstić information content (AvgIpc) is 2.66. The molecule has 0 aromatic carbocycles. The van der Waals surface area contributed by atoms with Gasteiger partial charge in [-0.15, -0.1) is 0 Å². The molecule has 0 aliphatic carbocycles. The zero-order valence-electron chi connectivity index (χ0n) is 7.58. The van der Waals surface area contributed by atoms with Crippen LogP contribution in [-0.2, 0) is 0 Å². The lowest BCUT2D eigenvalue weighted by Gasteiger charge is -1.99. The van der Waals surface area contributed by atoms with E-state index in [1.807, 2.05) is 0 Å². The lowest BCUT2D eigenvalue weighted by molar-refractivity contribution is 0.426. The maximum atomic E-state index is 8.90. The van der Waals surface area contributed by atoms with Gasteiger partial charge in [0.1, 0.15) is 0 Å². The van der Waals surface area contributed by atoms with Crippen molar-refractivity contribution in [3.63, 3.8) is 0 Å². The summed E-state index contributed by atoms with van der Waals surface area (Å²) in [6.45, 7) is 0. The van der Waals surface area contributed by atoms with Crippen molar-refractivity contribution in [2.75, 3.05) is 0 Å². The smallest absolute Gasteiger partial charge is 0.423 e. The van der Waals surface area contributed by atoms with Gasteiger partial charge in [-0.2, -0.15) is 5.10 Å². The van der Waals surface area contributed by atoms with Crippen LogP contribution in [0.25, 0.3) is 5.69 Å². The maximum absolute atomic E-state index is 8.90. The maximum Gasteiger partial charge on any atom is 0.491 e. The van der Waals surface area contributed by atoms with E-state index in [4.69, 9.17) is 21.6 Å². The van der Waals surface area contributed by atoms with Crippen LogP contribution >= 0.6 is 11.6 Å². The van der Waals surface area contributed by atoms with Gasteiger partial charge in [0.15, 0.2) is 0 Å². The lowest BCUT2D eigenvalue weighted by Crippen LogP contribution is -2.28. The van der Waals surface area contributed by atoms with Crippen LogP contribution in [0, 0.1) is 0 Å². The van der Waals surface area contributed by atoms with Gasteiger partial charge in [0.25, 0.3) is 0 Å². The van der Waals surface area contributed by atoms with E-state index in [9.17, 15) is 0 Å². The molecule has 0 saturated carbocycles. The molecule has 0 aliphatic rings. The summed E-state index contributed by atoms with van der Waals surface area (Å²) in [4.78, 5) is 3.90. The standard InChI is InChI=1S/C8H7BClN3O2/c10-7-1-8(4-11-3-7)13-5-6(2-12-13)9(14)15/h1-5,14-15H. The summed E-state index contributed by atoms with van der Waals surface area (Å²) in [6, 6.07) is 1.68. The van der Waals surface area contributed by atoms with Crippen LogP contribution in [-0.4, -0.2) is 31.9 Å². The number of hydrogen-bond donors (Lipinski definition) is 2. The van der Waals surface area contributed by atoms with E-state index in [-0.39, 0.29) is 0 Å². The Morgan fingerprint density at radius 3 is 2.67 bits per heavy atom. The van der Waals surface area contributed by atoms with Gasteiger partial charge in [0, 0.05) is 24.1 Å². The van der Waals surface area contributed by atoms with E-state index in [0.717, 1.165) is 0 Å². The van der Waals surface area contributed by atoms with Crippen molar-refractivity contribution in [1.82, 2.24) is 14.8 Å². The Kier molecular flexibility index (Phi) is 2.72. The third-order valence-electron chi connectivity index (χ3n) is 1.86. The number of hydrogen-bond acceptors (Lipinski definition) is 4. The highest BCUT2D eigenvalue weighted by Crippen LogP contribution is 2.11. The molecule has 2 N–H and O–H groups in total. The second-order valence-electron chi connectivity index (χ2n) is 2.95. The van der Waals surface area contributed by atoms with Crippen molar-refractivity contribution in [3.05, 3.63) is 35.9 Å². The number of aromatic nitrogens is 3. The van der Waals surface area contributed by atoms with Gasteiger partial charge >= 0.3 is 7.12 Å². The van der Waals surface area contributed by atoms with Crippen molar-refractivity contribution in [1.29, 1.82) is 0 Å². The molecule has 2 aromatic heterocycles. The Morgan fingerprint density at radius 2 is 2.07 bits per heavy atom. The van der Waals surface area contributed by atoms with Crippen molar-refractivity contribution < 1.29 is 10.0 Å². The Balaban J connectivity index is 2.37. The quantitative estimate of drug-likeness (QED) is 0.680. The predicted molar refractivity (Wildman–Crippen MR) is 56.2 cm³/mol. The average molecular weight is 223 g/mol. The first kappa shape index (κ1) is 10.2. The zero-order chi connectivity index (χ0) is 10.8. The number of halogens is 1. The van der Waals surface area contributed by atoms with E-state index >= 15 is 0 Å². The fraction of sp³-hybridized carbons (Fsp3) is 0. The third kappa shape index (κ3) is 2.17. The van der Waals surface area contributed by atoms with Gasteiger partial charge in [-0.1, -0.05) is 11.6 Å². The molecule has 76 valence electrons. The second kappa shape index (κ2) is 4.02. The molecule has 0 atom stereocenters. The monoisotopic (exact) mass is 223 g/mol. The normalized spacial score (nSPS) is 10.3. The van der Waals surface area contributed by atoms with Crippen LogP contribution in [0.15, 0.2) is 30.9 Å². The van der Waals surface area contributed by atoms with Crippen LogP contribution in [0.1, 0.15) is 0 Å². The van der Waals surface area contributed by atoms with Crippen molar-refractivity contribution >= 4 is 24.2 Å². The summed E-state index contributed by atoms with van der Waals surface area (Å²) < 4.78 is 1.47. The fourth-order valence-corrected chi connectivity index (χ4v) is 1.31. The Hall–Kier alpha value is -1.37. The first-order valence-corrected chi connectivity index (χ1v) is 4.56. The molecule has 2 rings (SSSR count). The number of pyridine rings is 1. The van der Waals surface area contributed by atoms with Crippen LogP contribution in [0.5, 0.6) is 0 Å². The SMILES string of the molecule is OB(O)c1cnn(-c2cncc(Cl)c2)c1. The molecular weight excluding hydrogens is 216 g/mol. The molecule has 7 heteroatoms. The summed E-state index contributed by atoms with van der Waals surface area (Å²) in [6.07, 6.45) is 5.95. The molecule has 0 fully saturated rings. The molecule has 0 radical (unpaired) electrons. The third-order valence-corrected chi connectivity index (χ3v) is 2.06. The molecule has 0 bridgehead atoms. The molecule has 0 unspecified atom stereocenters. The molecule has 0 spiro atoms. The molecule has 0 saturated heterocycles. The number of rotatable bonds is 2. The van der Waals surface area contributed by atoms with Crippen LogP contribution in [0.4, 0.5) is 0 Å². The summed E-state index contributed by atoms with van der Waals surface area (Å²) in [5.74, 6) is 0. The van der Waals surface area contributed by atoms with Crippen molar-refractivity contribution in [2.45, 2.75) is 0 Å². The van der Waals surface area contributed by atoms with E-state index in [1.54, 1.807) is 12.3 Å². The van der Waals surface area contributed by atoms with Crippen LogP contribution < -0.4 is 5.46 Å². The largest absolute Gasteiger partial charge is 0.491 e. The molecule has 2 aromatic rings. The fourth-order valence-electron chi connectivity index (χ4n) is 1.14. The Bertz CT molecular complexity index is 474. The Labute approximate surface area is 91.1 Å². The van der Waals surface area contributed by atoms with E-state index in [1.165, 1.54) is 23.3 Å². The summed E-state index contributed by atoms with van der Waals surface area (Å²) in [5, 5.41) is 22.2. The summed E-state index contributed by atoms with van der Waals surface area (Å²) in [7, 11) is -1.52. The molecule has 15 heavy (non-hydrogen) atoms. The van der Waals surface area contributed by atoms with Gasteiger partial charge in [0.05, 0.1) is 16.9 Å². The highest BCUT2D eigenvalue weighted by atomic mass is 35.5. The van der Waals surface area contributed by atoms with Crippen molar-refractivity contribution in [3.8, 4) is 5.69 Å². The van der Waals surface area contributed by atoms with Crippen LogP contribution in [0.2, 0.25) is 5.02 Å². The van der Waals surface area contributed by atoms with Gasteiger partial charge in [0.2, 0.25) is 0 Å².